The highest BCUT2D eigenvalue weighted by Gasteiger charge is 2.26. The van der Waals surface area contributed by atoms with Crippen LogP contribution in [-0.2, 0) is 34.5 Å². The van der Waals surface area contributed by atoms with E-state index >= 15 is 0 Å². The molecule has 0 saturated heterocycles. The van der Waals surface area contributed by atoms with Gasteiger partial charge in [0.1, 0.15) is 17.9 Å². The number of aryl methyl sites for hydroxylation is 1. The van der Waals surface area contributed by atoms with Crippen LogP contribution in [-0.4, -0.2) is 44.3 Å². The van der Waals surface area contributed by atoms with Crippen molar-refractivity contribution in [1.82, 2.24) is 24.4 Å². The number of nitrogens with zero attached hydrogens (tertiary/aromatic N) is 3. The number of rotatable bonds is 11. The van der Waals surface area contributed by atoms with Gasteiger partial charge in [-0.05, 0) is 56.9 Å². The molecule has 1 aromatic carbocycles. The van der Waals surface area contributed by atoms with E-state index in [1.807, 2.05) is 30.3 Å². The first-order valence-electron chi connectivity index (χ1n) is 13.7. The molecule has 0 spiro atoms. The number of unbranched alkanes of at least 4 members (excludes halogenated alkanes) is 1. The number of imidazole rings is 1. The molecule has 1 saturated carbocycles. The lowest BCUT2D eigenvalue weighted by Crippen LogP contribution is -2.39. The van der Waals surface area contributed by atoms with Crippen LogP contribution < -0.4 is 16.6 Å². The van der Waals surface area contributed by atoms with Gasteiger partial charge in [-0.1, -0.05) is 30.3 Å². The van der Waals surface area contributed by atoms with Crippen LogP contribution in [0.2, 0.25) is 0 Å². The van der Waals surface area contributed by atoms with E-state index < -0.39 is 17.3 Å². The second-order valence-corrected chi connectivity index (χ2v) is 10.0. The van der Waals surface area contributed by atoms with Gasteiger partial charge in [0.05, 0.1) is 6.61 Å². The summed E-state index contributed by atoms with van der Waals surface area (Å²) in [6.07, 6.45) is 4.42. The van der Waals surface area contributed by atoms with Crippen LogP contribution in [0, 0.1) is 5.92 Å². The average Bonchev–Trinajstić information content (AvgIpc) is 3.40. The van der Waals surface area contributed by atoms with Gasteiger partial charge in [0, 0.05) is 32.5 Å². The smallest absolute Gasteiger partial charge is 0.407 e. The Hall–Kier alpha value is -3.89. The Morgan fingerprint density at radius 3 is 2.54 bits per heavy atom. The molecule has 11 nitrogen and oxygen atoms in total. The molecule has 1 aliphatic rings. The van der Waals surface area contributed by atoms with Crippen LogP contribution in [0.4, 0.5) is 4.79 Å². The number of ether oxygens (including phenoxy) is 2. The Kier molecular flexibility index (Phi) is 9.56. The molecule has 1 amide bonds. The number of hydrogen-bond donors (Lipinski definition) is 2. The van der Waals surface area contributed by atoms with Crippen LogP contribution in [0.5, 0.6) is 0 Å². The Morgan fingerprint density at radius 1 is 1.08 bits per heavy atom. The van der Waals surface area contributed by atoms with Gasteiger partial charge in [0.15, 0.2) is 5.65 Å². The van der Waals surface area contributed by atoms with E-state index in [4.69, 9.17) is 9.47 Å². The highest BCUT2D eigenvalue weighted by Crippen LogP contribution is 2.34. The highest BCUT2D eigenvalue weighted by atomic mass is 16.5. The molecule has 0 bridgehead atoms. The lowest BCUT2D eigenvalue weighted by molar-refractivity contribution is -0.143. The van der Waals surface area contributed by atoms with Crippen molar-refractivity contribution in [1.29, 1.82) is 0 Å². The maximum atomic E-state index is 13.1. The molecule has 1 fully saturated rings. The minimum atomic E-state index is -0.421. The first-order chi connectivity index (χ1) is 18.9. The summed E-state index contributed by atoms with van der Waals surface area (Å²) in [7, 11) is 1.61. The zero-order valence-corrected chi connectivity index (χ0v) is 22.6. The number of fused-ring (bicyclic) bond motifs is 1. The molecule has 0 radical (unpaired) electrons. The largest absolute Gasteiger partial charge is 0.466 e. The fraction of sp³-hybridized carbons (Fsp3) is 0.536. The van der Waals surface area contributed by atoms with Gasteiger partial charge < -0.3 is 19.8 Å². The molecule has 0 unspecified atom stereocenters. The molecular weight excluding hydrogens is 502 g/mol. The number of nitrogens with one attached hydrogen (secondary N) is 2. The third-order valence-corrected chi connectivity index (χ3v) is 7.30. The summed E-state index contributed by atoms with van der Waals surface area (Å²) in [4.78, 5) is 57.4. The number of benzene rings is 1. The average molecular weight is 540 g/mol. The molecule has 2 aromatic heterocycles. The molecule has 1 aliphatic carbocycles. The predicted molar refractivity (Wildman–Crippen MR) is 145 cm³/mol. The zero-order chi connectivity index (χ0) is 27.8. The van der Waals surface area contributed by atoms with Crippen LogP contribution in [0.3, 0.4) is 0 Å². The lowest BCUT2D eigenvalue weighted by atomic mass is 9.81. The standard InChI is InChI=1S/C28H37N5O6/c1-3-38-22(34)11-7-8-16-33-26(35)23-25(32(2)28(33)37)31-24(30-23)21-14-12-19(13-15-21)17-29-27(36)39-18-20-9-5-4-6-10-20/h4-6,9-10,19,21H,3,7-8,11-18H2,1-2H3,(H,29,36)(H,30,31)/t19-,21-. The van der Waals surface area contributed by atoms with Crippen molar-refractivity contribution >= 4 is 23.2 Å². The van der Waals surface area contributed by atoms with E-state index in [0.717, 1.165) is 31.2 Å². The van der Waals surface area contributed by atoms with Crippen LogP contribution in [0.25, 0.3) is 11.2 Å². The molecule has 3 aromatic rings. The van der Waals surface area contributed by atoms with E-state index in [-0.39, 0.29) is 31.5 Å². The Morgan fingerprint density at radius 2 is 1.82 bits per heavy atom. The summed E-state index contributed by atoms with van der Waals surface area (Å²) in [6.45, 7) is 3.10. The fourth-order valence-electron chi connectivity index (χ4n) is 5.07. The van der Waals surface area contributed by atoms with Crippen LogP contribution >= 0.6 is 0 Å². The van der Waals surface area contributed by atoms with Crippen molar-refractivity contribution in [3.63, 3.8) is 0 Å². The summed E-state index contributed by atoms with van der Waals surface area (Å²) >= 11 is 0. The van der Waals surface area contributed by atoms with Gasteiger partial charge in [0.25, 0.3) is 5.56 Å². The maximum Gasteiger partial charge on any atom is 0.407 e. The van der Waals surface area contributed by atoms with Crippen molar-refractivity contribution in [3.05, 3.63) is 62.6 Å². The van der Waals surface area contributed by atoms with Gasteiger partial charge in [-0.25, -0.2) is 14.6 Å². The minimum absolute atomic E-state index is 0.145. The molecule has 0 atom stereocenters. The van der Waals surface area contributed by atoms with Crippen molar-refractivity contribution in [2.24, 2.45) is 13.0 Å². The number of hydrogen-bond acceptors (Lipinski definition) is 7. The van der Waals surface area contributed by atoms with Gasteiger partial charge >= 0.3 is 17.8 Å². The highest BCUT2D eigenvalue weighted by molar-refractivity contribution is 5.70. The number of amides is 1. The van der Waals surface area contributed by atoms with E-state index in [9.17, 15) is 19.2 Å². The first kappa shape index (κ1) is 28.1. The quantitative estimate of drug-likeness (QED) is 0.282. The van der Waals surface area contributed by atoms with Gasteiger partial charge in [-0.3, -0.25) is 18.7 Å². The van der Waals surface area contributed by atoms with Gasteiger partial charge in [-0.2, -0.15) is 0 Å². The Labute approximate surface area is 226 Å². The zero-order valence-electron chi connectivity index (χ0n) is 22.6. The number of carbonyl (C=O) groups excluding carboxylic acids is 2. The first-order valence-corrected chi connectivity index (χ1v) is 13.7. The lowest BCUT2D eigenvalue weighted by Gasteiger charge is -2.27. The van der Waals surface area contributed by atoms with E-state index in [2.05, 4.69) is 15.3 Å². The second-order valence-electron chi connectivity index (χ2n) is 10.0. The topological polar surface area (TPSA) is 137 Å². The number of H-pyrrole nitrogens is 1. The fourth-order valence-corrected chi connectivity index (χ4v) is 5.07. The van der Waals surface area contributed by atoms with Gasteiger partial charge in [-0.15, -0.1) is 0 Å². The number of aromatic amines is 1. The summed E-state index contributed by atoms with van der Waals surface area (Å²) in [6, 6.07) is 9.55. The molecule has 2 heterocycles. The third-order valence-electron chi connectivity index (χ3n) is 7.30. The van der Waals surface area contributed by atoms with Crippen LogP contribution in [0.15, 0.2) is 39.9 Å². The molecule has 39 heavy (non-hydrogen) atoms. The maximum absolute atomic E-state index is 13.1. The summed E-state index contributed by atoms with van der Waals surface area (Å²) in [5.41, 5.74) is 0.804. The molecular formula is C28H37N5O6. The summed E-state index contributed by atoms with van der Waals surface area (Å²) < 4.78 is 12.8. The number of carbonyl (C=O) groups is 2. The van der Waals surface area contributed by atoms with E-state index in [0.29, 0.717) is 48.9 Å². The normalized spacial score (nSPS) is 17.2. The molecule has 11 heteroatoms. The van der Waals surface area contributed by atoms with Crippen LogP contribution in [0.1, 0.15) is 69.2 Å². The predicted octanol–water partition coefficient (Wildman–Crippen LogP) is 3.36. The SMILES string of the molecule is CCOC(=O)CCCCn1c(=O)c2[nH]c([C@H]3CC[C@H](CNC(=O)OCc4ccccc4)CC3)nc2n(C)c1=O. The van der Waals surface area contributed by atoms with Crippen molar-refractivity contribution in [3.8, 4) is 0 Å². The minimum Gasteiger partial charge on any atom is -0.466 e. The summed E-state index contributed by atoms with van der Waals surface area (Å²) in [5.74, 6) is 0.919. The monoisotopic (exact) mass is 539 g/mol. The molecule has 210 valence electrons. The number of esters is 1. The molecule has 4 rings (SSSR count). The van der Waals surface area contributed by atoms with Gasteiger partial charge in [0.2, 0.25) is 0 Å². The van der Waals surface area contributed by atoms with Crippen molar-refractivity contribution < 1.29 is 19.1 Å². The molecule has 0 aliphatic heterocycles. The van der Waals surface area contributed by atoms with Crippen molar-refractivity contribution in [2.45, 2.75) is 70.9 Å². The number of aromatic nitrogens is 4. The second kappa shape index (κ2) is 13.3. The molecule has 2 N–H and O–H groups in total. The van der Waals surface area contributed by atoms with Crippen molar-refractivity contribution in [2.75, 3.05) is 13.2 Å². The number of alkyl carbamates (subject to hydrolysis) is 1. The Bertz CT molecular complexity index is 1390. The third kappa shape index (κ3) is 7.15. The van der Waals surface area contributed by atoms with E-state index in [1.54, 1.807) is 14.0 Å². The van der Waals surface area contributed by atoms with E-state index in [1.165, 1.54) is 9.13 Å². The Balaban J connectivity index is 1.30. The summed E-state index contributed by atoms with van der Waals surface area (Å²) in [5, 5.41) is 2.87.